The van der Waals surface area contributed by atoms with Crippen LogP contribution in [0.15, 0.2) is 22.7 Å². The molecule has 3 heteroatoms. The first-order valence-electron chi connectivity index (χ1n) is 6.70. The van der Waals surface area contributed by atoms with E-state index >= 15 is 0 Å². The fourth-order valence-electron chi connectivity index (χ4n) is 3.68. The van der Waals surface area contributed by atoms with E-state index in [9.17, 15) is 4.79 Å². The van der Waals surface area contributed by atoms with Crippen LogP contribution in [0.5, 0.6) is 0 Å². The van der Waals surface area contributed by atoms with Gasteiger partial charge in [-0.1, -0.05) is 28.9 Å². The fraction of sp³-hybridized carbons (Fsp3) is 0.533. The highest BCUT2D eigenvalue weighted by Gasteiger charge is 2.47. The molecule has 1 aromatic carbocycles. The van der Waals surface area contributed by atoms with Gasteiger partial charge in [-0.3, -0.25) is 4.79 Å². The summed E-state index contributed by atoms with van der Waals surface area (Å²) in [5.74, 6) is 0.238. The lowest BCUT2D eigenvalue weighted by molar-refractivity contribution is -0.119. The Morgan fingerprint density at radius 2 is 2.22 bits per heavy atom. The molecule has 1 N–H and O–H groups in total. The summed E-state index contributed by atoms with van der Waals surface area (Å²) in [6, 6.07) is 6.92. The molecule has 1 aliphatic heterocycles. The van der Waals surface area contributed by atoms with Gasteiger partial charge in [0.15, 0.2) is 0 Å². The Labute approximate surface area is 116 Å². The van der Waals surface area contributed by atoms with Gasteiger partial charge in [-0.15, -0.1) is 0 Å². The summed E-state index contributed by atoms with van der Waals surface area (Å²) in [4.78, 5) is 11.7. The fourth-order valence-corrected chi connectivity index (χ4v) is 4.08. The summed E-state index contributed by atoms with van der Waals surface area (Å²) in [6.45, 7) is 2.18. The Morgan fingerprint density at radius 3 is 3.00 bits per heavy atom. The number of carbonyl (C=O) groups is 1. The quantitative estimate of drug-likeness (QED) is 0.848. The predicted molar refractivity (Wildman–Crippen MR) is 75.4 cm³/mol. The molecule has 0 aromatic heterocycles. The van der Waals surface area contributed by atoms with Gasteiger partial charge >= 0.3 is 0 Å². The smallest absolute Gasteiger partial charge is 0.220 e. The Balaban J connectivity index is 1.94. The van der Waals surface area contributed by atoms with Gasteiger partial charge < -0.3 is 5.32 Å². The van der Waals surface area contributed by atoms with Crippen LogP contribution in [0.3, 0.4) is 0 Å². The lowest BCUT2D eigenvalue weighted by Crippen LogP contribution is -2.40. The highest BCUT2D eigenvalue weighted by molar-refractivity contribution is 9.10. The van der Waals surface area contributed by atoms with Crippen molar-refractivity contribution in [1.29, 1.82) is 0 Å². The van der Waals surface area contributed by atoms with Gasteiger partial charge in [0.25, 0.3) is 0 Å². The zero-order chi connectivity index (χ0) is 12.8. The molecule has 2 aliphatic rings. The van der Waals surface area contributed by atoms with Crippen LogP contribution in [0.2, 0.25) is 0 Å². The van der Waals surface area contributed by atoms with Crippen molar-refractivity contribution in [2.45, 2.75) is 45.1 Å². The summed E-state index contributed by atoms with van der Waals surface area (Å²) in [6.07, 6.45) is 5.03. The van der Waals surface area contributed by atoms with Crippen LogP contribution in [0, 0.1) is 5.41 Å². The van der Waals surface area contributed by atoms with E-state index in [-0.39, 0.29) is 11.3 Å². The molecule has 1 saturated heterocycles. The predicted octanol–water partition coefficient (Wildman–Crippen LogP) is 3.22. The topological polar surface area (TPSA) is 29.1 Å². The van der Waals surface area contributed by atoms with E-state index in [4.69, 9.17) is 0 Å². The Bertz CT molecular complexity index is 499. The zero-order valence-corrected chi connectivity index (χ0v) is 12.2. The van der Waals surface area contributed by atoms with Gasteiger partial charge in [0.2, 0.25) is 5.91 Å². The minimum Gasteiger partial charge on any atom is -0.353 e. The SMILES string of the molecule is CCC1NC(=O)CC12CCc1cc(Br)ccc1C2. The summed E-state index contributed by atoms with van der Waals surface area (Å²) >= 11 is 3.53. The Morgan fingerprint density at radius 1 is 1.39 bits per heavy atom. The first-order chi connectivity index (χ1) is 8.63. The first-order valence-corrected chi connectivity index (χ1v) is 7.49. The number of aryl methyl sites for hydroxylation is 1. The second kappa shape index (κ2) is 4.37. The number of hydrogen-bond donors (Lipinski definition) is 1. The molecule has 1 aliphatic carbocycles. The normalized spacial score (nSPS) is 30.3. The van der Waals surface area contributed by atoms with Crippen molar-refractivity contribution in [3.05, 3.63) is 33.8 Å². The van der Waals surface area contributed by atoms with Gasteiger partial charge in [-0.05, 0) is 48.9 Å². The van der Waals surface area contributed by atoms with Gasteiger partial charge in [0.05, 0.1) is 0 Å². The van der Waals surface area contributed by atoms with Crippen LogP contribution in [0.25, 0.3) is 0 Å². The standard InChI is InChI=1S/C15H18BrNO/c1-2-13-15(9-14(18)17-13)6-5-10-7-12(16)4-3-11(10)8-15/h3-4,7,13H,2,5-6,8-9H2,1H3,(H,17,18). The van der Waals surface area contributed by atoms with E-state index < -0.39 is 0 Å². The van der Waals surface area contributed by atoms with Crippen molar-refractivity contribution in [1.82, 2.24) is 5.32 Å². The number of fused-ring (bicyclic) bond motifs is 1. The summed E-state index contributed by atoms with van der Waals surface area (Å²) < 4.78 is 1.16. The van der Waals surface area contributed by atoms with E-state index in [1.807, 2.05) is 0 Å². The summed E-state index contributed by atoms with van der Waals surface area (Å²) in [5.41, 5.74) is 3.05. The summed E-state index contributed by atoms with van der Waals surface area (Å²) in [7, 11) is 0. The molecular weight excluding hydrogens is 290 g/mol. The van der Waals surface area contributed by atoms with Crippen molar-refractivity contribution >= 4 is 21.8 Å². The summed E-state index contributed by atoms with van der Waals surface area (Å²) in [5, 5.41) is 3.16. The van der Waals surface area contributed by atoms with Crippen molar-refractivity contribution < 1.29 is 4.79 Å². The number of hydrogen-bond acceptors (Lipinski definition) is 1. The molecule has 0 saturated carbocycles. The molecule has 1 amide bonds. The van der Waals surface area contributed by atoms with Crippen molar-refractivity contribution in [2.75, 3.05) is 0 Å². The molecule has 1 aromatic rings. The molecule has 1 spiro atoms. The number of carbonyl (C=O) groups excluding carboxylic acids is 1. The van der Waals surface area contributed by atoms with Crippen molar-refractivity contribution in [3.8, 4) is 0 Å². The number of rotatable bonds is 1. The van der Waals surface area contributed by atoms with Crippen LogP contribution in [0.1, 0.15) is 37.3 Å². The molecule has 2 atom stereocenters. The highest BCUT2D eigenvalue weighted by Crippen LogP contribution is 2.45. The lowest BCUT2D eigenvalue weighted by Gasteiger charge is -2.38. The largest absolute Gasteiger partial charge is 0.353 e. The van der Waals surface area contributed by atoms with E-state index in [2.05, 4.69) is 46.4 Å². The van der Waals surface area contributed by atoms with Gasteiger partial charge in [0, 0.05) is 22.4 Å². The molecule has 1 fully saturated rings. The average Bonchev–Trinajstić information content (AvgIpc) is 2.66. The van der Waals surface area contributed by atoms with Gasteiger partial charge in [-0.2, -0.15) is 0 Å². The van der Waals surface area contributed by atoms with Crippen LogP contribution < -0.4 is 5.32 Å². The number of halogens is 1. The Kier molecular flexibility index (Phi) is 2.97. The number of amides is 1. The molecule has 0 radical (unpaired) electrons. The molecule has 1 heterocycles. The molecule has 96 valence electrons. The third-order valence-corrected chi connectivity index (χ3v) is 5.09. The lowest BCUT2D eigenvalue weighted by atomic mass is 9.66. The van der Waals surface area contributed by atoms with Crippen molar-refractivity contribution in [2.24, 2.45) is 5.41 Å². The van der Waals surface area contributed by atoms with E-state index in [1.165, 1.54) is 11.1 Å². The Hall–Kier alpha value is -0.830. The maximum atomic E-state index is 11.7. The third-order valence-electron chi connectivity index (χ3n) is 4.60. The number of nitrogens with one attached hydrogen (secondary N) is 1. The molecular formula is C15H18BrNO. The second-order valence-corrected chi connectivity index (χ2v) is 6.57. The maximum Gasteiger partial charge on any atom is 0.220 e. The van der Waals surface area contributed by atoms with Crippen LogP contribution >= 0.6 is 15.9 Å². The van der Waals surface area contributed by atoms with Gasteiger partial charge in [0.1, 0.15) is 0 Å². The second-order valence-electron chi connectivity index (χ2n) is 5.66. The van der Waals surface area contributed by atoms with Gasteiger partial charge in [-0.25, -0.2) is 0 Å². The minimum atomic E-state index is 0.173. The van der Waals surface area contributed by atoms with Crippen molar-refractivity contribution in [3.63, 3.8) is 0 Å². The first kappa shape index (κ1) is 12.2. The van der Waals surface area contributed by atoms with Crippen LogP contribution in [0.4, 0.5) is 0 Å². The average molecular weight is 308 g/mol. The molecule has 18 heavy (non-hydrogen) atoms. The third kappa shape index (κ3) is 1.89. The highest BCUT2D eigenvalue weighted by atomic mass is 79.9. The van der Waals surface area contributed by atoms with E-state index in [1.54, 1.807) is 0 Å². The maximum absolute atomic E-state index is 11.7. The molecule has 3 rings (SSSR count). The van der Waals surface area contributed by atoms with Crippen LogP contribution in [-0.2, 0) is 17.6 Å². The monoisotopic (exact) mass is 307 g/mol. The molecule has 2 nitrogen and oxygen atoms in total. The minimum absolute atomic E-state index is 0.173. The van der Waals surface area contributed by atoms with Crippen LogP contribution in [-0.4, -0.2) is 11.9 Å². The molecule has 0 bridgehead atoms. The van der Waals surface area contributed by atoms with E-state index in [0.29, 0.717) is 12.5 Å². The molecule has 2 unspecified atom stereocenters. The zero-order valence-electron chi connectivity index (χ0n) is 10.6. The van der Waals surface area contributed by atoms with E-state index in [0.717, 1.165) is 30.2 Å². The number of benzene rings is 1.